The highest BCUT2D eigenvalue weighted by Gasteiger charge is 2.13. The third-order valence-electron chi connectivity index (χ3n) is 4.55. The number of rotatable bonds is 4. The lowest BCUT2D eigenvalue weighted by atomic mass is 10.0. The Morgan fingerprint density at radius 1 is 1.14 bits per heavy atom. The number of fused-ring (bicyclic) bond motifs is 1. The van der Waals surface area contributed by atoms with E-state index >= 15 is 0 Å². The maximum Gasteiger partial charge on any atom is 0.335 e. The smallest absolute Gasteiger partial charge is 0.335 e. The van der Waals surface area contributed by atoms with E-state index in [4.69, 9.17) is 16.7 Å². The quantitative estimate of drug-likeness (QED) is 0.574. The molecule has 0 unspecified atom stereocenters. The third kappa shape index (κ3) is 3.30. The van der Waals surface area contributed by atoms with Crippen LogP contribution in [0.2, 0.25) is 5.02 Å². The zero-order chi connectivity index (χ0) is 19.8. The average molecular weight is 394 g/mol. The minimum absolute atomic E-state index is 0.179. The largest absolute Gasteiger partial charge is 0.478 e. The molecule has 6 nitrogen and oxygen atoms in total. The summed E-state index contributed by atoms with van der Waals surface area (Å²) in [6.07, 6.45) is 3.78. The summed E-state index contributed by atoms with van der Waals surface area (Å²) in [5.74, 6) is -0.467. The van der Waals surface area contributed by atoms with Gasteiger partial charge in [0, 0.05) is 42.0 Å². The van der Waals surface area contributed by atoms with Gasteiger partial charge in [0.1, 0.15) is 0 Å². The van der Waals surface area contributed by atoms with Crippen LogP contribution in [0.25, 0.3) is 17.0 Å². The van der Waals surface area contributed by atoms with Gasteiger partial charge in [0.15, 0.2) is 0 Å². The van der Waals surface area contributed by atoms with Crippen molar-refractivity contribution in [3.8, 4) is 11.3 Å². The molecule has 7 heteroatoms. The Morgan fingerprint density at radius 3 is 2.61 bits per heavy atom. The number of nitrogens with zero attached hydrogens (tertiary/aromatic N) is 3. The van der Waals surface area contributed by atoms with Crippen molar-refractivity contribution in [2.24, 2.45) is 7.05 Å². The lowest BCUT2D eigenvalue weighted by Crippen LogP contribution is -2.21. The Morgan fingerprint density at radius 2 is 1.89 bits per heavy atom. The van der Waals surface area contributed by atoms with Crippen LogP contribution in [0.5, 0.6) is 0 Å². The minimum Gasteiger partial charge on any atom is -0.478 e. The minimum atomic E-state index is -0.993. The van der Waals surface area contributed by atoms with Crippen molar-refractivity contribution in [3.05, 3.63) is 93.0 Å². The van der Waals surface area contributed by atoms with Crippen LogP contribution in [0, 0.1) is 0 Å². The fraction of sp³-hybridized carbons (Fsp3) is 0.0952. The molecule has 4 aromatic rings. The maximum atomic E-state index is 13.0. The van der Waals surface area contributed by atoms with Crippen LogP contribution in [0.3, 0.4) is 0 Å². The number of benzene rings is 2. The topological polar surface area (TPSA) is 76.6 Å². The van der Waals surface area contributed by atoms with E-state index in [1.54, 1.807) is 41.2 Å². The maximum absolute atomic E-state index is 13.0. The van der Waals surface area contributed by atoms with E-state index < -0.39 is 5.97 Å². The molecule has 0 aliphatic rings. The summed E-state index contributed by atoms with van der Waals surface area (Å²) in [6, 6.07) is 13.9. The van der Waals surface area contributed by atoms with Gasteiger partial charge in [0.2, 0.25) is 5.78 Å². The Balaban J connectivity index is 1.78. The van der Waals surface area contributed by atoms with Crippen LogP contribution in [-0.2, 0) is 13.5 Å². The van der Waals surface area contributed by atoms with Gasteiger partial charge in [-0.3, -0.25) is 9.20 Å². The number of carboxylic acids is 1. The Kier molecular flexibility index (Phi) is 4.49. The zero-order valence-electron chi connectivity index (χ0n) is 15.0. The first-order chi connectivity index (χ1) is 13.4. The van der Waals surface area contributed by atoms with Crippen molar-refractivity contribution >= 4 is 23.3 Å². The standard InChI is InChI=1S/C21H16ClN3O3/c1-24-11-16(10-13-3-2-4-15(9-13)20(27)28)19(26)25-12-18(23-21(24)25)14-5-7-17(22)8-6-14/h2-9,11-12H,10H2,1H3,(H,27,28). The number of imidazole rings is 1. The molecule has 0 spiro atoms. The van der Waals surface area contributed by atoms with Crippen molar-refractivity contribution < 1.29 is 9.90 Å². The van der Waals surface area contributed by atoms with E-state index in [2.05, 4.69) is 4.98 Å². The predicted octanol–water partition coefficient (Wildman–Crippen LogP) is 3.64. The molecule has 0 fully saturated rings. The molecule has 1 N–H and O–H groups in total. The van der Waals surface area contributed by atoms with Crippen LogP contribution < -0.4 is 5.56 Å². The van der Waals surface area contributed by atoms with Crippen LogP contribution in [0.1, 0.15) is 21.5 Å². The summed E-state index contributed by atoms with van der Waals surface area (Å²) in [4.78, 5) is 28.7. The van der Waals surface area contributed by atoms with Gasteiger partial charge in [-0.05, 0) is 29.8 Å². The van der Waals surface area contributed by atoms with Gasteiger partial charge >= 0.3 is 5.97 Å². The van der Waals surface area contributed by atoms with Crippen molar-refractivity contribution in [1.29, 1.82) is 0 Å². The zero-order valence-corrected chi connectivity index (χ0v) is 15.7. The fourth-order valence-corrected chi connectivity index (χ4v) is 3.31. The number of halogens is 1. The van der Waals surface area contributed by atoms with E-state index in [0.717, 1.165) is 11.1 Å². The van der Waals surface area contributed by atoms with E-state index in [9.17, 15) is 9.59 Å². The molecule has 140 valence electrons. The van der Waals surface area contributed by atoms with Gasteiger partial charge < -0.3 is 9.67 Å². The highest BCUT2D eigenvalue weighted by atomic mass is 35.5. The first-order valence-electron chi connectivity index (χ1n) is 8.58. The lowest BCUT2D eigenvalue weighted by molar-refractivity contribution is 0.0696. The summed E-state index contributed by atoms with van der Waals surface area (Å²) in [6.45, 7) is 0. The van der Waals surface area contributed by atoms with E-state index in [1.807, 2.05) is 25.2 Å². The second-order valence-corrected chi connectivity index (χ2v) is 6.99. The van der Waals surface area contributed by atoms with Crippen LogP contribution in [0.4, 0.5) is 0 Å². The molecule has 0 amide bonds. The first kappa shape index (κ1) is 18.0. The average Bonchev–Trinajstić information content (AvgIpc) is 3.13. The summed E-state index contributed by atoms with van der Waals surface area (Å²) in [5, 5.41) is 9.79. The summed E-state index contributed by atoms with van der Waals surface area (Å²) in [5.41, 5.74) is 2.87. The second-order valence-electron chi connectivity index (χ2n) is 6.56. The summed E-state index contributed by atoms with van der Waals surface area (Å²) in [7, 11) is 1.82. The number of aromatic nitrogens is 3. The second kappa shape index (κ2) is 6.98. The molecule has 2 aromatic carbocycles. The number of hydrogen-bond donors (Lipinski definition) is 1. The summed E-state index contributed by atoms with van der Waals surface area (Å²) >= 11 is 5.94. The van der Waals surface area contributed by atoms with Gasteiger partial charge in [-0.15, -0.1) is 0 Å². The van der Waals surface area contributed by atoms with Crippen molar-refractivity contribution in [3.63, 3.8) is 0 Å². The molecule has 0 aliphatic carbocycles. The highest BCUT2D eigenvalue weighted by Crippen LogP contribution is 2.21. The van der Waals surface area contributed by atoms with E-state index in [1.165, 1.54) is 10.5 Å². The molecular weight excluding hydrogens is 378 g/mol. The van der Waals surface area contributed by atoms with Crippen molar-refractivity contribution in [2.45, 2.75) is 6.42 Å². The van der Waals surface area contributed by atoms with E-state index in [0.29, 0.717) is 28.5 Å². The van der Waals surface area contributed by atoms with Gasteiger partial charge in [-0.2, -0.15) is 0 Å². The molecule has 0 saturated carbocycles. The number of aryl methyl sites for hydroxylation is 1. The Hall–Kier alpha value is -3.38. The third-order valence-corrected chi connectivity index (χ3v) is 4.81. The van der Waals surface area contributed by atoms with Crippen molar-refractivity contribution in [1.82, 2.24) is 14.0 Å². The lowest BCUT2D eigenvalue weighted by Gasteiger charge is -2.07. The molecule has 0 bridgehead atoms. The number of aromatic carboxylic acids is 1. The van der Waals surface area contributed by atoms with Gasteiger partial charge in [-0.1, -0.05) is 35.9 Å². The SMILES string of the molecule is Cn1cc(Cc2cccc(C(=O)O)c2)c(=O)n2cc(-c3ccc(Cl)cc3)nc12. The molecule has 0 atom stereocenters. The van der Waals surface area contributed by atoms with Crippen LogP contribution >= 0.6 is 11.6 Å². The first-order valence-corrected chi connectivity index (χ1v) is 8.96. The molecule has 0 saturated heterocycles. The van der Waals surface area contributed by atoms with Gasteiger partial charge in [-0.25, -0.2) is 9.78 Å². The highest BCUT2D eigenvalue weighted by molar-refractivity contribution is 6.30. The van der Waals surface area contributed by atoms with Crippen LogP contribution in [-0.4, -0.2) is 25.0 Å². The van der Waals surface area contributed by atoms with Gasteiger partial charge in [0.25, 0.3) is 5.56 Å². The molecule has 4 rings (SSSR count). The molecule has 0 aliphatic heterocycles. The normalized spacial score (nSPS) is 11.1. The number of carbonyl (C=O) groups is 1. The molecule has 2 aromatic heterocycles. The molecule has 28 heavy (non-hydrogen) atoms. The molecule has 2 heterocycles. The predicted molar refractivity (Wildman–Crippen MR) is 107 cm³/mol. The van der Waals surface area contributed by atoms with Crippen LogP contribution in [0.15, 0.2) is 65.7 Å². The Labute approximate surface area is 165 Å². The summed E-state index contributed by atoms with van der Waals surface area (Å²) < 4.78 is 3.30. The fourth-order valence-electron chi connectivity index (χ4n) is 3.19. The number of carboxylic acid groups (broad SMARTS) is 1. The molecule has 0 radical (unpaired) electrons. The van der Waals surface area contributed by atoms with Gasteiger partial charge in [0.05, 0.1) is 11.3 Å². The van der Waals surface area contributed by atoms with Crippen molar-refractivity contribution in [2.75, 3.05) is 0 Å². The van der Waals surface area contributed by atoms with E-state index in [-0.39, 0.29) is 11.1 Å². The molecular formula is C21H16ClN3O3. The monoisotopic (exact) mass is 393 g/mol. The number of hydrogen-bond acceptors (Lipinski definition) is 3. The Bertz CT molecular complexity index is 1260.